The molecule has 0 bridgehead atoms. The van der Waals surface area contributed by atoms with Crippen LogP contribution in [0.15, 0.2) is 60.7 Å². The monoisotopic (exact) mass is 396 g/mol. The third kappa shape index (κ3) is 8.45. The number of nitrogens with zero attached hydrogens (tertiary/aromatic N) is 1. The van der Waals surface area contributed by atoms with Crippen molar-refractivity contribution >= 4 is 29.5 Å². The normalized spacial score (nSPS) is 10.7. The van der Waals surface area contributed by atoms with Crippen LogP contribution in [0.2, 0.25) is 0 Å². The van der Waals surface area contributed by atoms with E-state index in [9.17, 15) is 14.4 Å². The van der Waals surface area contributed by atoms with E-state index in [1.54, 1.807) is 66.7 Å². The van der Waals surface area contributed by atoms with E-state index in [2.05, 4.69) is 16.0 Å². The first-order valence-electron chi connectivity index (χ1n) is 8.72. The topological polar surface area (TPSA) is 130 Å². The van der Waals surface area contributed by atoms with Crippen LogP contribution in [0.1, 0.15) is 6.42 Å². The van der Waals surface area contributed by atoms with Gasteiger partial charge >= 0.3 is 12.2 Å². The number of rotatable bonds is 8. The van der Waals surface area contributed by atoms with Crippen LogP contribution in [-0.4, -0.2) is 37.3 Å². The number of carbonyl (C=O) groups is 3. The van der Waals surface area contributed by atoms with Crippen molar-refractivity contribution in [1.82, 2.24) is 5.32 Å². The summed E-state index contributed by atoms with van der Waals surface area (Å²) in [5.41, 5.74) is 1.06. The summed E-state index contributed by atoms with van der Waals surface area (Å²) in [6, 6.07) is 19.0. The van der Waals surface area contributed by atoms with Gasteiger partial charge < -0.3 is 14.8 Å². The quantitative estimate of drug-likeness (QED) is 0.629. The Kier molecular flexibility index (Phi) is 8.50. The maximum Gasteiger partial charge on any atom is 0.412 e. The van der Waals surface area contributed by atoms with E-state index >= 15 is 0 Å². The van der Waals surface area contributed by atoms with Crippen molar-refractivity contribution in [2.75, 3.05) is 23.8 Å². The number of anilines is 2. The van der Waals surface area contributed by atoms with Crippen LogP contribution in [0.5, 0.6) is 0 Å². The SMILES string of the molecule is N#CCC(=O)NCC(COC(=O)Nc1ccccc1)OC(=O)Nc1ccccc1. The summed E-state index contributed by atoms with van der Waals surface area (Å²) in [5.74, 6) is -0.529. The Morgan fingerprint density at radius 2 is 1.45 bits per heavy atom. The van der Waals surface area contributed by atoms with E-state index < -0.39 is 24.2 Å². The molecular formula is C20H20N4O5. The summed E-state index contributed by atoms with van der Waals surface area (Å²) < 4.78 is 10.3. The second-order valence-electron chi connectivity index (χ2n) is 5.75. The molecule has 2 aromatic rings. The fourth-order valence-corrected chi connectivity index (χ4v) is 2.16. The number of amides is 3. The maximum absolute atomic E-state index is 12.1. The van der Waals surface area contributed by atoms with Gasteiger partial charge in [0, 0.05) is 11.4 Å². The first kappa shape index (κ1) is 21.2. The molecule has 0 saturated heterocycles. The molecule has 0 heterocycles. The molecule has 0 spiro atoms. The number of para-hydroxylation sites is 2. The molecule has 1 unspecified atom stereocenters. The number of benzene rings is 2. The summed E-state index contributed by atoms with van der Waals surface area (Å²) in [6.45, 7) is -0.422. The fraction of sp³-hybridized carbons (Fsp3) is 0.200. The second kappa shape index (κ2) is 11.6. The van der Waals surface area contributed by atoms with Crippen molar-refractivity contribution in [3.8, 4) is 6.07 Å². The van der Waals surface area contributed by atoms with Gasteiger partial charge in [-0.3, -0.25) is 15.4 Å². The van der Waals surface area contributed by atoms with E-state index in [1.165, 1.54) is 0 Å². The zero-order valence-electron chi connectivity index (χ0n) is 15.5. The van der Waals surface area contributed by atoms with Gasteiger partial charge in [-0.25, -0.2) is 9.59 Å². The molecule has 3 N–H and O–H groups in total. The fourth-order valence-electron chi connectivity index (χ4n) is 2.16. The Labute approximate surface area is 167 Å². The predicted molar refractivity (Wildman–Crippen MR) is 105 cm³/mol. The Hall–Kier alpha value is -4.06. The van der Waals surface area contributed by atoms with Crippen LogP contribution in [0.25, 0.3) is 0 Å². The molecule has 0 aliphatic heterocycles. The highest BCUT2D eigenvalue weighted by molar-refractivity contribution is 5.85. The zero-order chi connectivity index (χ0) is 20.9. The summed E-state index contributed by atoms with van der Waals surface area (Å²) in [4.78, 5) is 35.5. The highest BCUT2D eigenvalue weighted by atomic mass is 16.6. The highest BCUT2D eigenvalue weighted by Gasteiger charge is 2.18. The van der Waals surface area contributed by atoms with Gasteiger partial charge in [0.2, 0.25) is 5.91 Å². The molecule has 2 aromatic carbocycles. The molecule has 9 heteroatoms. The molecule has 1 atom stereocenters. The number of hydrogen-bond donors (Lipinski definition) is 3. The van der Waals surface area contributed by atoms with Crippen LogP contribution in [-0.2, 0) is 14.3 Å². The van der Waals surface area contributed by atoms with Crippen molar-refractivity contribution in [2.24, 2.45) is 0 Å². The lowest BCUT2D eigenvalue weighted by Crippen LogP contribution is -2.39. The minimum atomic E-state index is -0.956. The standard InChI is InChI=1S/C20H20N4O5/c21-12-11-18(25)22-13-17(29-20(27)24-16-9-5-2-6-10-16)14-28-19(26)23-15-7-3-1-4-8-15/h1-10,17H,11,13-14H2,(H,22,25)(H,23,26)(H,24,27). The van der Waals surface area contributed by atoms with Gasteiger partial charge in [0.15, 0.2) is 6.10 Å². The van der Waals surface area contributed by atoms with Crippen LogP contribution >= 0.6 is 0 Å². The third-order valence-electron chi connectivity index (χ3n) is 3.48. The lowest BCUT2D eigenvalue weighted by Gasteiger charge is -2.19. The third-order valence-corrected chi connectivity index (χ3v) is 3.48. The van der Waals surface area contributed by atoms with Crippen molar-refractivity contribution in [3.05, 3.63) is 60.7 Å². The molecule has 0 aliphatic carbocycles. The second-order valence-corrected chi connectivity index (χ2v) is 5.75. The molecule has 3 amide bonds. The first-order chi connectivity index (χ1) is 14.1. The average molecular weight is 396 g/mol. The number of ether oxygens (including phenoxy) is 2. The molecule has 2 rings (SSSR count). The van der Waals surface area contributed by atoms with Gasteiger partial charge in [0.05, 0.1) is 12.6 Å². The minimum Gasteiger partial charge on any atom is -0.445 e. The Balaban J connectivity index is 1.89. The summed E-state index contributed by atoms with van der Waals surface area (Å²) >= 11 is 0. The molecule has 0 fully saturated rings. The lowest BCUT2D eigenvalue weighted by atomic mass is 10.3. The first-order valence-corrected chi connectivity index (χ1v) is 8.72. The Morgan fingerprint density at radius 3 is 2.00 bits per heavy atom. The Morgan fingerprint density at radius 1 is 0.897 bits per heavy atom. The van der Waals surface area contributed by atoms with E-state index in [-0.39, 0.29) is 19.6 Å². The predicted octanol–water partition coefficient (Wildman–Crippen LogP) is 2.88. The van der Waals surface area contributed by atoms with Gasteiger partial charge in [0.1, 0.15) is 13.0 Å². The largest absolute Gasteiger partial charge is 0.445 e. The van der Waals surface area contributed by atoms with Crippen LogP contribution in [0.4, 0.5) is 21.0 Å². The smallest absolute Gasteiger partial charge is 0.412 e. The van der Waals surface area contributed by atoms with E-state index in [0.29, 0.717) is 11.4 Å². The molecule has 0 radical (unpaired) electrons. The number of hydrogen-bond acceptors (Lipinski definition) is 6. The molecule has 0 saturated carbocycles. The maximum atomic E-state index is 12.1. The zero-order valence-corrected chi connectivity index (χ0v) is 15.5. The van der Waals surface area contributed by atoms with Crippen LogP contribution in [0.3, 0.4) is 0 Å². The van der Waals surface area contributed by atoms with E-state index in [0.717, 1.165) is 0 Å². The van der Waals surface area contributed by atoms with Gasteiger partial charge in [-0.1, -0.05) is 36.4 Å². The molecule has 0 aliphatic rings. The molecule has 29 heavy (non-hydrogen) atoms. The highest BCUT2D eigenvalue weighted by Crippen LogP contribution is 2.08. The average Bonchev–Trinajstić information content (AvgIpc) is 2.71. The molecule has 150 valence electrons. The van der Waals surface area contributed by atoms with E-state index in [1.807, 2.05) is 0 Å². The lowest BCUT2D eigenvalue weighted by molar-refractivity contribution is -0.120. The van der Waals surface area contributed by atoms with Crippen LogP contribution in [0, 0.1) is 11.3 Å². The Bertz CT molecular complexity index is 852. The van der Waals surface area contributed by atoms with Gasteiger partial charge in [-0.2, -0.15) is 5.26 Å². The van der Waals surface area contributed by atoms with Crippen molar-refractivity contribution < 1.29 is 23.9 Å². The number of nitrogens with one attached hydrogen (secondary N) is 3. The van der Waals surface area contributed by atoms with E-state index in [4.69, 9.17) is 14.7 Å². The summed E-state index contributed by atoms with van der Waals surface area (Å²) in [6.07, 6.45) is -2.81. The van der Waals surface area contributed by atoms with Gasteiger partial charge in [-0.15, -0.1) is 0 Å². The van der Waals surface area contributed by atoms with Gasteiger partial charge in [0.25, 0.3) is 0 Å². The van der Waals surface area contributed by atoms with Crippen LogP contribution < -0.4 is 16.0 Å². The van der Waals surface area contributed by atoms with Crippen molar-refractivity contribution in [2.45, 2.75) is 12.5 Å². The summed E-state index contributed by atoms with van der Waals surface area (Å²) in [7, 11) is 0. The van der Waals surface area contributed by atoms with Crippen molar-refractivity contribution in [3.63, 3.8) is 0 Å². The molecule has 9 nitrogen and oxygen atoms in total. The summed E-state index contributed by atoms with van der Waals surface area (Å²) in [5, 5.41) is 16.1. The van der Waals surface area contributed by atoms with Crippen molar-refractivity contribution in [1.29, 1.82) is 5.26 Å². The van der Waals surface area contributed by atoms with Gasteiger partial charge in [-0.05, 0) is 24.3 Å². The molecule has 0 aromatic heterocycles. The number of nitriles is 1. The molecular weight excluding hydrogens is 376 g/mol. The minimum absolute atomic E-state index is 0.124. The number of carbonyl (C=O) groups excluding carboxylic acids is 3.